The molecule has 0 aliphatic heterocycles. The Bertz CT molecular complexity index is 986. The highest BCUT2D eigenvalue weighted by Crippen LogP contribution is 2.18. The minimum atomic E-state index is -1.29. The van der Waals surface area contributed by atoms with E-state index in [4.69, 9.17) is 0 Å². The van der Waals surface area contributed by atoms with E-state index in [9.17, 15) is 25.2 Å². The Morgan fingerprint density at radius 3 is 0.969 bits per heavy atom. The number of hydrogen-bond acceptors (Lipinski definition) is 5. The zero-order valence-electron chi connectivity index (χ0n) is 43.8. The molecule has 0 bridgehead atoms. The average molecular weight is 919 g/mol. The minimum absolute atomic E-state index is 0.365. The van der Waals surface area contributed by atoms with Crippen LogP contribution in [-0.4, -0.2) is 57.3 Å². The molecule has 0 saturated carbocycles. The first kappa shape index (κ1) is 63.8. The lowest BCUT2D eigenvalue weighted by Gasteiger charge is -2.27. The van der Waals surface area contributed by atoms with Crippen LogP contribution < -0.4 is 5.32 Å². The maximum absolute atomic E-state index is 12.6. The summed E-state index contributed by atoms with van der Waals surface area (Å²) in [4.78, 5) is 12.6. The molecule has 0 radical (unpaired) electrons. The van der Waals surface area contributed by atoms with Crippen molar-refractivity contribution in [3.8, 4) is 0 Å². The van der Waals surface area contributed by atoms with Crippen LogP contribution in [0.15, 0.2) is 24.3 Å². The van der Waals surface area contributed by atoms with E-state index in [2.05, 4.69) is 43.5 Å². The largest absolute Gasteiger partial charge is 0.394 e. The van der Waals surface area contributed by atoms with E-state index >= 15 is 0 Å². The highest BCUT2D eigenvalue weighted by atomic mass is 16.3. The van der Waals surface area contributed by atoms with Gasteiger partial charge in [-0.15, -0.1) is 0 Å². The lowest BCUT2D eigenvalue weighted by Crippen LogP contribution is -2.53. The van der Waals surface area contributed by atoms with Crippen molar-refractivity contribution in [3.63, 3.8) is 0 Å². The number of nitrogens with one attached hydrogen (secondary N) is 1. The molecule has 6 heteroatoms. The van der Waals surface area contributed by atoms with Gasteiger partial charge in [0.05, 0.1) is 18.8 Å². The normalized spacial score (nSPS) is 13.9. The number of unbranched alkanes of at least 4 members (excludes halogenated alkanes) is 41. The van der Waals surface area contributed by atoms with E-state index < -0.39 is 36.9 Å². The Hall–Kier alpha value is -1.21. The van der Waals surface area contributed by atoms with Gasteiger partial charge in [0, 0.05) is 0 Å². The number of amides is 1. The van der Waals surface area contributed by atoms with Crippen LogP contribution in [0, 0.1) is 0 Å². The highest BCUT2D eigenvalue weighted by molar-refractivity contribution is 5.80. The molecular weight excluding hydrogens is 803 g/mol. The maximum atomic E-state index is 12.6. The van der Waals surface area contributed by atoms with Crippen LogP contribution >= 0.6 is 0 Å². The average Bonchev–Trinajstić information content (AvgIpc) is 3.31. The zero-order chi connectivity index (χ0) is 47.4. The Kier molecular flexibility index (Phi) is 52.7. The Balaban J connectivity index is 3.65. The van der Waals surface area contributed by atoms with Crippen LogP contribution in [0.5, 0.6) is 0 Å². The number of carbonyl (C=O) groups is 1. The molecule has 0 aromatic rings. The first-order chi connectivity index (χ1) is 32.0. The van der Waals surface area contributed by atoms with Crippen molar-refractivity contribution in [3.05, 3.63) is 24.3 Å². The van der Waals surface area contributed by atoms with Gasteiger partial charge in [-0.2, -0.15) is 0 Å². The minimum Gasteiger partial charge on any atom is -0.394 e. The van der Waals surface area contributed by atoms with Crippen LogP contribution in [-0.2, 0) is 4.79 Å². The quantitative estimate of drug-likeness (QED) is 0.0308. The van der Waals surface area contributed by atoms with Gasteiger partial charge in [-0.3, -0.25) is 4.79 Å². The molecule has 0 fully saturated rings. The molecule has 0 aromatic heterocycles. The fourth-order valence-corrected chi connectivity index (χ4v) is 9.31. The molecule has 0 aromatic carbocycles. The summed E-state index contributed by atoms with van der Waals surface area (Å²) < 4.78 is 0. The smallest absolute Gasteiger partial charge is 0.249 e. The van der Waals surface area contributed by atoms with Crippen molar-refractivity contribution in [1.29, 1.82) is 0 Å². The Morgan fingerprint density at radius 2 is 0.646 bits per heavy atom. The topological polar surface area (TPSA) is 110 Å². The summed E-state index contributed by atoms with van der Waals surface area (Å²) in [5, 5.41) is 44.0. The summed E-state index contributed by atoms with van der Waals surface area (Å²) in [6.07, 6.45) is 65.4. The first-order valence-electron chi connectivity index (χ1n) is 29.2. The predicted octanol–water partition coefficient (Wildman–Crippen LogP) is 17.0. The van der Waals surface area contributed by atoms with E-state index in [1.54, 1.807) is 0 Å². The molecule has 0 spiro atoms. The molecule has 65 heavy (non-hydrogen) atoms. The summed E-state index contributed by atoms with van der Waals surface area (Å²) in [7, 11) is 0. The van der Waals surface area contributed by atoms with Crippen LogP contribution in [0.2, 0.25) is 0 Å². The number of aliphatic hydroxyl groups excluding tert-OH is 4. The lowest BCUT2D eigenvalue weighted by molar-refractivity contribution is -0.132. The summed E-state index contributed by atoms with van der Waals surface area (Å²) in [6, 6.07) is -1.01. The van der Waals surface area contributed by atoms with Crippen molar-refractivity contribution in [2.45, 2.75) is 340 Å². The predicted molar refractivity (Wildman–Crippen MR) is 284 cm³/mol. The Morgan fingerprint density at radius 1 is 0.369 bits per heavy atom. The molecule has 0 aliphatic carbocycles. The van der Waals surface area contributed by atoms with Crippen molar-refractivity contribution in [1.82, 2.24) is 5.32 Å². The standard InChI is InChI=1S/C59H115NO5/c1-3-5-7-9-11-13-15-17-19-21-23-25-26-27-28-29-30-31-33-34-36-38-40-42-44-46-48-50-52-56(62)58(64)55(54-61)60-59(65)57(63)53-51-49-47-45-43-41-39-37-35-32-24-22-20-18-16-14-12-10-8-6-4-2/h36,38,44,46,55-58,61-64H,3-35,37,39-43,45,47-54H2,1-2H3,(H,60,65)/b38-36+,46-44+. The third-order valence-electron chi connectivity index (χ3n) is 13.9. The molecule has 1 amide bonds. The third kappa shape index (κ3) is 47.6. The summed E-state index contributed by atoms with van der Waals surface area (Å²) in [5.74, 6) is -0.592. The molecule has 0 saturated heterocycles. The molecule has 0 aliphatic rings. The van der Waals surface area contributed by atoms with Gasteiger partial charge < -0.3 is 25.7 Å². The van der Waals surface area contributed by atoms with Crippen LogP contribution in [0.3, 0.4) is 0 Å². The molecule has 0 rings (SSSR count). The van der Waals surface area contributed by atoms with Gasteiger partial charge >= 0.3 is 0 Å². The van der Waals surface area contributed by atoms with E-state index in [0.717, 1.165) is 38.5 Å². The van der Waals surface area contributed by atoms with Gasteiger partial charge in [0.15, 0.2) is 0 Å². The van der Waals surface area contributed by atoms with E-state index in [1.165, 1.54) is 244 Å². The number of allylic oxidation sites excluding steroid dienone is 4. The van der Waals surface area contributed by atoms with Crippen molar-refractivity contribution in [2.24, 2.45) is 0 Å². The number of rotatable bonds is 54. The summed E-state index contributed by atoms with van der Waals surface area (Å²) >= 11 is 0. The molecule has 4 unspecified atom stereocenters. The molecular formula is C59H115NO5. The number of hydrogen-bond donors (Lipinski definition) is 5. The van der Waals surface area contributed by atoms with E-state index in [-0.39, 0.29) is 0 Å². The SMILES string of the molecule is CCCCCCCCCCCCCCCCCCCCC/C=C/CC/C=C/CCCC(O)C(O)C(CO)NC(=O)C(O)CCCCCCCCCCCCCCCCCCCCCCC. The van der Waals surface area contributed by atoms with Crippen LogP contribution in [0.1, 0.15) is 316 Å². The third-order valence-corrected chi connectivity index (χ3v) is 13.9. The van der Waals surface area contributed by atoms with Gasteiger partial charge in [-0.05, 0) is 51.4 Å². The van der Waals surface area contributed by atoms with Crippen molar-refractivity contribution < 1.29 is 25.2 Å². The highest BCUT2D eigenvalue weighted by Gasteiger charge is 2.28. The number of carbonyl (C=O) groups excluding carboxylic acids is 1. The maximum Gasteiger partial charge on any atom is 0.249 e. The van der Waals surface area contributed by atoms with Crippen molar-refractivity contribution in [2.75, 3.05) is 6.61 Å². The van der Waals surface area contributed by atoms with Gasteiger partial charge in [0.2, 0.25) is 5.91 Å². The number of aliphatic hydroxyl groups is 4. The summed E-state index contributed by atoms with van der Waals surface area (Å²) in [6.45, 7) is 4.08. The second kappa shape index (κ2) is 53.7. The molecule has 4 atom stereocenters. The van der Waals surface area contributed by atoms with Crippen LogP contribution in [0.4, 0.5) is 0 Å². The first-order valence-corrected chi connectivity index (χ1v) is 29.2. The second-order valence-corrected chi connectivity index (χ2v) is 20.3. The molecule has 386 valence electrons. The van der Waals surface area contributed by atoms with Crippen LogP contribution in [0.25, 0.3) is 0 Å². The second-order valence-electron chi connectivity index (χ2n) is 20.3. The Labute approximate surface area is 405 Å². The van der Waals surface area contributed by atoms with Gasteiger partial charge in [0.1, 0.15) is 12.2 Å². The van der Waals surface area contributed by atoms with E-state index in [0.29, 0.717) is 19.3 Å². The van der Waals surface area contributed by atoms with Gasteiger partial charge in [0.25, 0.3) is 0 Å². The van der Waals surface area contributed by atoms with Gasteiger partial charge in [-0.25, -0.2) is 0 Å². The lowest BCUT2D eigenvalue weighted by atomic mass is 10.00. The zero-order valence-corrected chi connectivity index (χ0v) is 43.8. The molecule has 6 nitrogen and oxygen atoms in total. The fraction of sp³-hybridized carbons (Fsp3) is 0.915. The molecule has 0 heterocycles. The summed E-state index contributed by atoms with van der Waals surface area (Å²) in [5.41, 5.74) is 0. The van der Waals surface area contributed by atoms with E-state index in [1.807, 2.05) is 0 Å². The monoisotopic (exact) mass is 918 g/mol. The molecule has 5 N–H and O–H groups in total. The fourth-order valence-electron chi connectivity index (χ4n) is 9.31. The van der Waals surface area contributed by atoms with Crippen molar-refractivity contribution >= 4 is 5.91 Å². The van der Waals surface area contributed by atoms with Gasteiger partial charge in [-0.1, -0.05) is 289 Å².